The number of nitrogens with zero attached hydrogens (tertiary/aromatic N) is 5. The average Bonchev–Trinajstić information content (AvgIpc) is 3.21. The molecule has 0 radical (unpaired) electrons. The Kier molecular flexibility index (Phi) is 4.57. The third-order valence-corrected chi connectivity index (χ3v) is 4.96. The maximum absolute atomic E-state index is 5.31. The third kappa shape index (κ3) is 3.76. The minimum Gasteiger partial charge on any atom is -0.339 e. The molecule has 2 heterocycles. The molecule has 6 nitrogen and oxygen atoms in total. The normalized spacial score (nSPS) is 14.4. The molecule has 130 valence electrons. The highest BCUT2D eigenvalue weighted by Gasteiger charge is 2.31. The Labute approximate surface area is 151 Å². The van der Waals surface area contributed by atoms with Gasteiger partial charge in [0.25, 0.3) is 0 Å². The quantitative estimate of drug-likeness (QED) is 0.596. The van der Waals surface area contributed by atoms with Crippen LogP contribution < -0.4 is 0 Å². The van der Waals surface area contributed by atoms with Crippen molar-refractivity contribution in [2.75, 3.05) is 0 Å². The molecule has 0 N–H and O–H groups in total. The number of para-hydroxylation sites is 1. The molecule has 4 rings (SSSR count). The first kappa shape index (κ1) is 16.3. The summed E-state index contributed by atoms with van der Waals surface area (Å²) in [6, 6.07) is 10.3. The first-order valence-electron chi connectivity index (χ1n) is 8.65. The third-order valence-electron chi connectivity index (χ3n) is 4.04. The zero-order valence-corrected chi connectivity index (χ0v) is 15.2. The van der Waals surface area contributed by atoms with Gasteiger partial charge >= 0.3 is 0 Å². The lowest BCUT2D eigenvalue weighted by atomic mass is 10.1. The number of aromatic nitrogens is 5. The van der Waals surface area contributed by atoms with Crippen LogP contribution in [0.25, 0.3) is 5.69 Å². The molecule has 7 heteroatoms. The lowest BCUT2D eigenvalue weighted by Crippen LogP contribution is -2.01. The van der Waals surface area contributed by atoms with Crippen LogP contribution in [-0.4, -0.2) is 24.9 Å². The number of benzene rings is 1. The van der Waals surface area contributed by atoms with E-state index >= 15 is 0 Å². The summed E-state index contributed by atoms with van der Waals surface area (Å²) in [6.45, 7) is 4.28. The zero-order chi connectivity index (χ0) is 17.2. The van der Waals surface area contributed by atoms with E-state index in [0.717, 1.165) is 23.1 Å². The van der Waals surface area contributed by atoms with E-state index in [2.05, 4.69) is 50.9 Å². The van der Waals surface area contributed by atoms with Gasteiger partial charge in [0.1, 0.15) is 5.82 Å². The van der Waals surface area contributed by atoms with Crippen molar-refractivity contribution in [3.8, 4) is 5.69 Å². The molecule has 0 bridgehead atoms. The Bertz CT molecular complexity index is 838. The van der Waals surface area contributed by atoms with Gasteiger partial charge in [0.05, 0.1) is 5.75 Å². The predicted molar refractivity (Wildman–Crippen MR) is 95.7 cm³/mol. The average molecular weight is 355 g/mol. The molecule has 3 aromatic rings. The standard InChI is InChI=1S/C18H21N5OS/c1-12(2)10-16-19-15(22-24-16)11-25-18-21-20-17(13-8-9-13)23(18)14-6-4-3-5-7-14/h3-7,12-13H,8-11H2,1-2H3. The second-order valence-electron chi connectivity index (χ2n) is 6.78. The van der Waals surface area contributed by atoms with Gasteiger partial charge in [0.15, 0.2) is 11.0 Å². The van der Waals surface area contributed by atoms with Gasteiger partial charge in [-0.1, -0.05) is 49.0 Å². The highest BCUT2D eigenvalue weighted by molar-refractivity contribution is 7.98. The predicted octanol–water partition coefficient (Wildman–Crippen LogP) is 4.02. The summed E-state index contributed by atoms with van der Waals surface area (Å²) in [5, 5.41) is 13.8. The summed E-state index contributed by atoms with van der Waals surface area (Å²) in [7, 11) is 0. The summed E-state index contributed by atoms with van der Waals surface area (Å²) in [4.78, 5) is 4.47. The lowest BCUT2D eigenvalue weighted by molar-refractivity contribution is 0.360. The van der Waals surface area contributed by atoms with Gasteiger partial charge in [-0.25, -0.2) is 0 Å². The van der Waals surface area contributed by atoms with Gasteiger partial charge in [0, 0.05) is 18.0 Å². The van der Waals surface area contributed by atoms with E-state index in [1.807, 2.05) is 18.2 Å². The smallest absolute Gasteiger partial charge is 0.226 e. The molecule has 0 aliphatic heterocycles. The van der Waals surface area contributed by atoms with E-state index in [4.69, 9.17) is 4.52 Å². The molecule has 1 saturated carbocycles. The Morgan fingerprint density at radius 2 is 2.00 bits per heavy atom. The van der Waals surface area contributed by atoms with Gasteiger partial charge in [-0.3, -0.25) is 4.57 Å². The summed E-state index contributed by atoms with van der Waals surface area (Å²) < 4.78 is 7.48. The van der Waals surface area contributed by atoms with E-state index < -0.39 is 0 Å². The van der Waals surface area contributed by atoms with Crippen LogP contribution in [0.4, 0.5) is 0 Å². The molecule has 1 aliphatic rings. The van der Waals surface area contributed by atoms with E-state index in [1.165, 1.54) is 12.8 Å². The number of hydrogen-bond acceptors (Lipinski definition) is 6. The maximum atomic E-state index is 5.31. The van der Waals surface area contributed by atoms with Crippen molar-refractivity contribution < 1.29 is 4.52 Å². The first-order valence-corrected chi connectivity index (χ1v) is 9.64. The van der Waals surface area contributed by atoms with Crippen LogP contribution in [0.5, 0.6) is 0 Å². The fraction of sp³-hybridized carbons (Fsp3) is 0.444. The molecule has 2 aromatic heterocycles. The van der Waals surface area contributed by atoms with Gasteiger partial charge in [0.2, 0.25) is 5.89 Å². The molecule has 0 amide bonds. The minimum atomic E-state index is 0.503. The van der Waals surface area contributed by atoms with Crippen molar-refractivity contribution >= 4 is 11.8 Å². The maximum Gasteiger partial charge on any atom is 0.226 e. The SMILES string of the molecule is CC(C)Cc1nc(CSc2nnc(C3CC3)n2-c2ccccc2)no1. The largest absolute Gasteiger partial charge is 0.339 e. The van der Waals surface area contributed by atoms with Crippen LogP contribution in [0, 0.1) is 5.92 Å². The molecule has 0 atom stereocenters. The summed E-state index contributed by atoms with van der Waals surface area (Å²) >= 11 is 1.60. The Morgan fingerprint density at radius 1 is 1.20 bits per heavy atom. The Hall–Kier alpha value is -2.15. The van der Waals surface area contributed by atoms with Crippen molar-refractivity contribution in [1.82, 2.24) is 24.9 Å². The van der Waals surface area contributed by atoms with Gasteiger partial charge in [-0.05, 0) is 30.9 Å². The van der Waals surface area contributed by atoms with E-state index in [-0.39, 0.29) is 0 Å². The van der Waals surface area contributed by atoms with Crippen LogP contribution in [0.1, 0.15) is 50.1 Å². The van der Waals surface area contributed by atoms with Gasteiger partial charge in [-0.2, -0.15) is 4.98 Å². The molecular weight excluding hydrogens is 334 g/mol. The van der Waals surface area contributed by atoms with Crippen molar-refractivity contribution in [1.29, 1.82) is 0 Å². The first-order chi connectivity index (χ1) is 12.2. The van der Waals surface area contributed by atoms with Crippen molar-refractivity contribution in [2.45, 2.75) is 49.9 Å². The van der Waals surface area contributed by atoms with Crippen molar-refractivity contribution in [2.24, 2.45) is 5.92 Å². The van der Waals surface area contributed by atoms with E-state index in [1.54, 1.807) is 11.8 Å². The van der Waals surface area contributed by atoms with Crippen molar-refractivity contribution in [3.05, 3.63) is 47.9 Å². The Balaban J connectivity index is 1.54. The monoisotopic (exact) mass is 355 g/mol. The fourth-order valence-electron chi connectivity index (χ4n) is 2.71. The van der Waals surface area contributed by atoms with E-state index in [9.17, 15) is 0 Å². The summed E-state index contributed by atoms with van der Waals surface area (Å²) in [5.74, 6) is 4.12. The highest BCUT2D eigenvalue weighted by Crippen LogP contribution is 2.41. The molecule has 25 heavy (non-hydrogen) atoms. The molecule has 1 aromatic carbocycles. The number of hydrogen-bond donors (Lipinski definition) is 0. The van der Waals surface area contributed by atoms with Crippen LogP contribution in [0.3, 0.4) is 0 Å². The topological polar surface area (TPSA) is 69.6 Å². The van der Waals surface area contributed by atoms with Crippen LogP contribution in [-0.2, 0) is 12.2 Å². The van der Waals surface area contributed by atoms with Crippen LogP contribution >= 0.6 is 11.8 Å². The lowest BCUT2D eigenvalue weighted by Gasteiger charge is -2.08. The van der Waals surface area contributed by atoms with Gasteiger partial charge < -0.3 is 4.52 Å². The Morgan fingerprint density at radius 3 is 2.72 bits per heavy atom. The number of rotatable bonds is 7. The van der Waals surface area contributed by atoms with Gasteiger partial charge in [-0.15, -0.1) is 10.2 Å². The second kappa shape index (κ2) is 7.00. The molecule has 0 spiro atoms. The molecule has 0 saturated heterocycles. The number of thioether (sulfide) groups is 1. The van der Waals surface area contributed by atoms with Crippen LogP contribution in [0.2, 0.25) is 0 Å². The fourth-order valence-corrected chi connectivity index (χ4v) is 3.51. The molecule has 1 aliphatic carbocycles. The highest BCUT2D eigenvalue weighted by atomic mass is 32.2. The minimum absolute atomic E-state index is 0.503. The summed E-state index contributed by atoms with van der Waals surface area (Å²) in [5.41, 5.74) is 1.10. The molecule has 0 unspecified atom stereocenters. The molecule has 1 fully saturated rings. The van der Waals surface area contributed by atoms with Crippen LogP contribution in [0.15, 0.2) is 40.0 Å². The zero-order valence-electron chi connectivity index (χ0n) is 14.4. The molecular formula is C18H21N5OS. The second-order valence-corrected chi connectivity index (χ2v) is 7.72. The van der Waals surface area contributed by atoms with E-state index in [0.29, 0.717) is 29.3 Å². The van der Waals surface area contributed by atoms with Crippen molar-refractivity contribution in [3.63, 3.8) is 0 Å². The summed E-state index contributed by atoms with van der Waals surface area (Å²) in [6.07, 6.45) is 3.20.